The molecule has 0 saturated heterocycles. The van der Waals surface area contributed by atoms with Crippen LogP contribution in [0.4, 0.5) is 0 Å². The molecule has 0 saturated carbocycles. The second-order valence-corrected chi connectivity index (χ2v) is 5.58. The van der Waals surface area contributed by atoms with Gasteiger partial charge in [0.1, 0.15) is 22.8 Å². The molecule has 0 radical (unpaired) electrons. The molecule has 0 unspecified atom stereocenters. The van der Waals surface area contributed by atoms with Crippen LogP contribution in [0.2, 0.25) is 0 Å². The molecular weight excluding hydrogens is 312 g/mol. The van der Waals surface area contributed by atoms with Crippen molar-refractivity contribution in [1.82, 2.24) is 10.2 Å². The fourth-order valence-electron chi connectivity index (χ4n) is 3.00. The van der Waals surface area contributed by atoms with Gasteiger partial charge in [-0.1, -0.05) is 0 Å². The first kappa shape index (κ1) is 14.4. The highest BCUT2D eigenvalue weighted by Gasteiger charge is 2.24. The molecule has 0 bridgehead atoms. The number of carboxylic acid groups (broad SMARTS) is 1. The average molecular weight is 326 g/mol. The zero-order valence-electron chi connectivity index (χ0n) is 13.3. The van der Waals surface area contributed by atoms with E-state index in [4.69, 9.17) is 18.7 Å². The molecule has 2 N–H and O–H groups in total. The van der Waals surface area contributed by atoms with Crippen molar-refractivity contribution < 1.29 is 23.5 Å². The number of aromatic amines is 1. The number of aryl methyl sites for hydroxylation is 2. The minimum atomic E-state index is -1.08. The molecule has 0 aliphatic carbocycles. The van der Waals surface area contributed by atoms with Gasteiger partial charge in [0.25, 0.3) is 0 Å². The summed E-state index contributed by atoms with van der Waals surface area (Å²) in [5, 5.41) is 17.3. The molecule has 0 aliphatic heterocycles. The number of carbonyl (C=O) groups is 1. The van der Waals surface area contributed by atoms with Crippen molar-refractivity contribution in [1.29, 1.82) is 0 Å². The van der Waals surface area contributed by atoms with Gasteiger partial charge >= 0.3 is 5.97 Å². The van der Waals surface area contributed by atoms with E-state index in [9.17, 15) is 4.79 Å². The van der Waals surface area contributed by atoms with Gasteiger partial charge in [-0.05, 0) is 32.0 Å². The Bertz CT molecular complexity index is 1040. The molecule has 1 aromatic carbocycles. The Morgan fingerprint density at radius 2 is 1.79 bits per heavy atom. The number of benzene rings is 1. The number of aromatic nitrogens is 2. The summed E-state index contributed by atoms with van der Waals surface area (Å²) in [6, 6.07) is 5.20. The van der Waals surface area contributed by atoms with Crippen LogP contribution in [0.3, 0.4) is 0 Å². The molecular formula is C17H14N2O5. The van der Waals surface area contributed by atoms with Crippen LogP contribution < -0.4 is 4.74 Å². The maximum Gasteiger partial charge on any atom is 0.353 e. The van der Waals surface area contributed by atoms with E-state index in [-0.39, 0.29) is 5.69 Å². The minimum absolute atomic E-state index is 0.00520. The van der Waals surface area contributed by atoms with Gasteiger partial charge in [0.15, 0.2) is 11.3 Å². The van der Waals surface area contributed by atoms with E-state index in [0.717, 1.165) is 10.8 Å². The van der Waals surface area contributed by atoms with Crippen molar-refractivity contribution >= 4 is 27.9 Å². The van der Waals surface area contributed by atoms with Crippen molar-refractivity contribution in [3.05, 3.63) is 35.4 Å². The fraction of sp³-hybridized carbons (Fsp3) is 0.176. The van der Waals surface area contributed by atoms with Crippen LogP contribution in [-0.2, 0) is 0 Å². The molecule has 0 amide bonds. The first-order chi connectivity index (χ1) is 11.5. The van der Waals surface area contributed by atoms with Gasteiger partial charge in [-0.2, -0.15) is 5.10 Å². The van der Waals surface area contributed by atoms with Gasteiger partial charge in [-0.25, -0.2) is 4.79 Å². The topological polar surface area (TPSA) is 101 Å². The zero-order valence-corrected chi connectivity index (χ0v) is 13.3. The number of nitrogens with one attached hydrogen (secondary N) is 1. The highest BCUT2D eigenvalue weighted by atomic mass is 16.5. The summed E-state index contributed by atoms with van der Waals surface area (Å²) in [7, 11) is 1.57. The second kappa shape index (κ2) is 4.89. The quantitative estimate of drug-likeness (QED) is 0.592. The summed E-state index contributed by atoms with van der Waals surface area (Å²) in [6.45, 7) is 3.67. The number of rotatable bonds is 3. The van der Waals surface area contributed by atoms with Crippen molar-refractivity contribution in [2.45, 2.75) is 13.8 Å². The summed E-state index contributed by atoms with van der Waals surface area (Å²) >= 11 is 0. The lowest BCUT2D eigenvalue weighted by atomic mass is 10.0. The van der Waals surface area contributed by atoms with Crippen molar-refractivity contribution in [3.63, 3.8) is 0 Å². The summed E-state index contributed by atoms with van der Waals surface area (Å²) in [5.41, 5.74) is 2.32. The SMILES string of the molecule is COc1c2cc(C)oc2c(-c2cc(C(=O)O)[nH]n2)c2cc(C)oc12. The molecule has 122 valence electrons. The van der Waals surface area contributed by atoms with Crippen LogP contribution in [0.15, 0.2) is 27.0 Å². The number of hydrogen-bond donors (Lipinski definition) is 2. The maximum absolute atomic E-state index is 11.1. The number of methoxy groups -OCH3 is 1. The smallest absolute Gasteiger partial charge is 0.353 e. The predicted octanol–water partition coefficient (Wildman–Crippen LogP) is 3.89. The van der Waals surface area contributed by atoms with Crippen molar-refractivity contribution in [2.75, 3.05) is 7.11 Å². The molecule has 0 fully saturated rings. The summed E-state index contributed by atoms with van der Waals surface area (Å²) < 4.78 is 17.2. The highest BCUT2D eigenvalue weighted by molar-refractivity contribution is 6.13. The van der Waals surface area contributed by atoms with E-state index in [0.29, 0.717) is 39.7 Å². The van der Waals surface area contributed by atoms with E-state index in [1.165, 1.54) is 6.07 Å². The Labute approximate surface area is 135 Å². The number of furan rings is 2. The Morgan fingerprint density at radius 1 is 1.12 bits per heavy atom. The average Bonchev–Trinajstić information content (AvgIpc) is 3.21. The van der Waals surface area contributed by atoms with Gasteiger partial charge < -0.3 is 18.7 Å². The minimum Gasteiger partial charge on any atom is -0.492 e. The largest absolute Gasteiger partial charge is 0.492 e. The van der Waals surface area contributed by atoms with Crippen LogP contribution in [0, 0.1) is 13.8 Å². The Morgan fingerprint density at radius 3 is 2.42 bits per heavy atom. The third-order valence-electron chi connectivity index (χ3n) is 3.93. The number of H-pyrrole nitrogens is 1. The van der Waals surface area contributed by atoms with Crippen molar-refractivity contribution in [2.24, 2.45) is 0 Å². The van der Waals surface area contributed by atoms with Gasteiger partial charge in [0.05, 0.1) is 23.8 Å². The molecule has 24 heavy (non-hydrogen) atoms. The molecule has 0 aliphatic rings. The van der Waals surface area contributed by atoms with E-state index < -0.39 is 5.97 Å². The normalized spacial score (nSPS) is 11.5. The van der Waals surface area contributed by atoms with E-state index in [1.807, 2.05) is 26.0 Å². The van der Waals surface area contributed by atoms with Gasteiger partial charge in [-0.3, -0.25) is 5.10 Å². The molecule has 3 aromatic heterocycles. The van der Waals surface area contributed by atoms with Gasteiger partial charge in [0.2, 0.25) is 0 Å². The molecule has 4 aromatic rings. The number of aromatic carboxylic acids is 1. The first-order valence-electron chi connectivity index (χ1n) is 7.29. The molecule has 3 heterocycles. The first-order valence-corrected chi connectivity index (χ1v) is 7.29. The van der Waals surface area contributed by atoms with Gasteiger partial charge in [0, 0.05) is 5.39 Å². The van der Waals surface area contributed by atoms with Crippen LogP contribution in [0.25, 0.3) is 33.2 Å². The van der Waals surface area contributed by atoms with Crippen molar-refractivity contribution in [3.8, 4) is 17.0 Å². The fourth-order valence-corrected chi connectivity index (χ4v) is 3.00. The predicted molar refractivity (Wildman–Crippen MR) is 86.6 cm³/mol. The van der Waals surface area contributed by atoms with Crippen LogP contribution >= 0.6 is 0 Å². The number of hydrogen-bond acceptors (Lipinski definition) is 5. The molecule has 7 nitrogen and oxygen atoms in total. The highest BCUT2D eigenvalue weighted by Crippen LogP contribution is 2.45. The zero-order chi connectivity index (χ0) is 17.0. The number of carboxylic acids is 1. The molecule has 7 heteroatoms. The van der Waals surface area contributed by atoms with E-state index >= 15 is 0 Å². The monoisotopic (exact) mass is 326 g/mol. The number of ether oxygens (including phenoxy) is 1. The molecule has 4 rings (SSSR count). The van der Waals surface area contributed by atoms with E-state index in [1.54, 1.807) is 7.11 Å². The summed E-state index contributed by atoms with van der Waals surface area (Å²) in [4.78, 5) is 11.1. The third-order valence-corrected chi connectivity index (χ3v) is 3.93. The lowest BCUT2D eigenvalue weighted by Gasteiger charge is -2.06. The van der Waals surface area contributed by atoms with Crippen LogP contribution in [-0.4, -0.2) is 28.4 Å². The molecule has 0 spiro atoms. The Kier molecular flexibility index (Phi) is 2.93. The lowest BCUT2D eigenvalue weighted by molar-refractivity contribution is 0.0690. The lowest BCUT2D eigenvalue weighted by Crippen LogP contribution is -1.95. The van der Waals surface area contributed by atoms with Crippen LogP contribution in [0.1, 0.15) is 22.0 Å². The summed E-state index contributed by atoms with van der Waals surface area (Å²) in [5.74, 6) is 0.933. The Hall–Kier alpha value is -3.22. The second-order valence-electron chi connectivity index (χ2n) is 5.58. The third kappa shape index (κ3) is 1.91. The Balaban J connectivity index is 2.16. The maximum atomic E-state index is 11.1. The van der Waals surface area contributed by atoms with Gasteiger partial charge in [-0.15, -0.1) is 0 Å². The standard InChI is InChI=1S/C17H14N2O5/c1-7-4-9-13(11-6-12(17(20)21)19-18-11)14-10(5-8(2)23-14)15(22-3)16(9)24-7/h4-6H,1-3H3,(H,18,19)(H,20,21). The van der Waals surface area contributed by atoms with E-state index in [2.05, 4.69) is 10.2 Å². The number of fused-ring (bicyclic) bond motifs is 2. The molecule has 0 atom stereocenters. The van der Waals surface area contributed by atoms with Crippen LogP contribution in [0.5, 0.6) is 5.75 Å². The summed E-state index contributed by atoms with van der Waals surface area (Å²) in [6.07, 6.45) is 0. The number of nitrogens with zero attached hydrogens (tertiary/aromatic N) is 1.